The number of nitrogens with two attached hydrogens (primary N) is 1. The third-order valence-corrected chi connectivity index (χ3v) is 3.63. The lowest BCUT2D eigenvalue weighted by molar-refractivity contribution is 0.307. The van der Waals surface area contributed by atoms with Gasteiger partial charge in [0.25, 0.3) is 0 Å². The number of nitrogens with zero attached hydrogens (tertiary/aromatic N) is 2. The first-order valence-corrected chi connectivity index (χ1v) is 7.58. The molecule has 4 nitrogen and oxygen atoms in total. The van der Waals surface area contributed by atoms with E-state index in [1.54, 1.807) is 6.07 Å². The van der Waals surface area contributed by atoms with Crippen LogP contribution in [-0.4, -0.2) is 9.97 Å². The Morgan fingerprint density at radius 2 is 1.83 bits per heavy atom. The van der Waals surface area contributed by atoms with E-state index in [4.69, 9.17) is 22.1 Å². The number of rotatable bonds is 4. The van der Waals surface area contributed by atoms with Crippen LogP contribution in [0.15, 0.2) is 54.6 Å². The highest BCUT2D eigenvalue weighted by Crippen LogP contribution is 2.33. The number of benzene rings is 2. The third-order valence-electron chi connectivity index (χ3n) is 3.44. The minimum atomic E-state index is 0.143. The van der Waals surface area contributed by atoms with Crippen molar-refractivity contribution in [1.82, 2.24) is 9.97 Å². The highest BCUT2D eigenvalue weighted by atomic mass is 35.5. The van der Waals surface area contributed by atoms with E-state index in [9.17, 15) is 0 Å². The highest BCUT2D eigenvalue weighted by Gasteiger charge is 2.13. The number of aromatic nitrogens is 2. The normalized spacial score (nSPS) is 10.5. The number of ether oxygens (including phenoxy) is 1. The maximum absolute atomic E-state index is 6.01. The number of hydrogen-bond donors (Lipinski definition) is 1. The molecular weight excluding hydrogens is 310 g/mol. The molecule has 2 N–H and O–H groups in total. The molecule has 2 aromatic carbocycles. The van der Waals surface area contributed by atoms with Crippen molar-refractivity contribution in [2.24, 2.45) is 0 Å². The zero-order chi connectivity index (χ0) is 16.2. The summed E-state index contributed by atoms with van der Waals surface area (Å²) in [6.07, 6.45) is 0. The van der Waals surface area contributed by atoms with E-state index in [1.165, 1.54) is 0 Å². The van der Waals surface area contributed by atoms with Crippen molar-refractivity contribution in [3.63, 3.8) is 0 Å². The molecule has 0 fully saturated rings. The van der Waals surface area contributed by atoms with Gasteiger partial charge in [-0.25, -0.2) is 9.97 Å². The molecule has 5 heteroatoms. The van der Waals surface area contributed by atoms with Gasteiger partial charge in [0.05, 0.1) is 5.69 Å². The van der Waals surface area contributed by atoms with Crippen LogP contribution in [-0.2, 0) is 6.61 Å². The van der Waals surface area contributed by atoms with Crippen molar-refractivity contribution in [3.05, 3.63) is 70.9 Å². The van der Waals surface area contributed by atoms with Gasteiger partial charge < -0.3 is 10.5 Å². The van der Waals surface area contributed by atoms with Gasteiger partial charge in [0.1, 0.15) is 17.5 Å². The second kappa shape index (κ2) is 6.67. The molecular formula is C18H16ClN3O. The van der Waals surface area contributed by atoms with Gasteiger partial charge in [-0.15, -0.1) is 0 Å². The van der Waals surface area contributed by atoms with Crippen molar-refractivity contribution in [3.8, 4) is 17.0 Å². The van der Waals surface area contributed by atoms with Gasteiger partial charge in [-0.2, -0.15) is 0 Å². The fourth-order valence-corrected chi connectivity index (χ4v) is 2.58. The molecule has 1 heterocycles. The fraction of sp³-hybridized carbons (Fsp3) is 0.111. The van der Waals surface area contributed by atoms with E-state index in [0.29, 0.717) is 17.5 Å². The van der Waals surface area contributed by atoms with E-state index in [2.05, 4.69) is 9.97 Å². The van der Waals surface area contributed by atoms with Crippen LogP contribution in [0.3, 0.4) is 0 Å². The molecule has 0 atom stereocenters. The third kappa shape index (κ3) is 3.60. The predicted octanol–water partition coefficient (Wildman–Crippen LogP) is 4.27. The highest BCUT2D eigenvalue weighted by molar-refractivity contribution is 6.29. The molecule has 0 aliphatic carbocycles. The van der Waals surface area contributed by atoms with Crippen LogP contribution >= 0.6 is 11.6 Å². The van der Waals surface area contributed by atoms with Crippen LogP contribution in [0.1, 0.15) is 11.1 Å². The summed E-state index contributed by atoms with van der Waals surface area (Å²) in [5, 5.41) is 0.310. The Balaban J connectivity index is 1.96. The zero-order valence-electron chi connectivity index (χ0n) is 12.7. The van der Waals surface area contributed by atoms with Crippen molar-refractivity contribution >= 4 is 17.5 Å². The van der Waals surface area contributed by atoms with Crippen molar-refractivity contribution in [1.29, 1.82) is 0 Å². The Bertz CT molecular complexity index is 802. The molecule has 0 bridgehead atoms. The zero-order valence-corrected chi connectivity index (χ0v) is 13.4. The standard InChI is InChI=1S/C18H16ClN3O/c1-12-6-5-9-15(23-11-13-7-3-2-4-8-13)17(12)14-10-16(19)22-18(20)21-14/h2-10H,11H2,1H3,(H2,20,21,22). The van der Waals surface area contributed by atoms with Gasteiger partial charge >= 0.3 is 0 Å². The van der Waals surface area contributed by atoms with E-state index < -0.39 is 0 Å². The molecule has 0 radical (unpaired) electrons. The largest absolute Gasteiger partial charge is 0.488 e. The summed E-state index contributed by atoms with van der Waals surface area (Å²) in [4.78, 5) is 8.19. The summed E-state index contributed by atoms with van der Waals surface area (Å²) in [7, 11) is 0. The molecule has 3 rings (SSSR count). The Morgan fingerprint density at radius 3 is 2.57 bits per heavy atom. The minimum Gasteiger partial charge on any atom is -0.488 e. The van der Waals surface area contributed by atoms with Crippen LogP contribution in [0.4, 0.5) is 5.95 Å². The number of nitrogen functional groups attached to an aromatic ring is 1. The molecule has 0 aliphatic heterocycles. The summed E-state index contributed by atoms with van der Waals surface area (Å²) < 4.78 is 5.99. The number of hydrogen-bond acceptors (Lipinski definition) is 4. The molecule has 23 heavy (non-hydrogen) atoms. The fourth-order valence-electron chi connectivity index (χ4n) is 2.39. The van der Waals surface area contributed by atoms with Crippen molar-refractivity contribution in [2.45, 2.75) is 13.5 Å². The molecule has 0 aliphatic rings. The quantitative estimate of drug-likeness (QED) is 0.728. The van der Waals surface area contributed by atoms with Crippen LogP contribution in [0.5, 0.6) is 5.75 Å². The summed E-state index contributed by atoms with van der Waals surface area (Å²) >= 11 is 6.01. The first-order chi connectivity index (χ1) is 11.1. The first-order valence-electron chi connectivity index (χ1n) is 7.20. The second-order valence-electron chi connectivity index (χ2n) is 5.16. The molecule has 0 saturated carbocycles. The van der Waals surface area contributed by atoms with Crippen molar-refractivity contribution in [2.75, 3.05) is 5.73 Å². The van der Waals surface area contributed by atoms with Gasteiger partial charge in [0, 0.05) is 11.6 Å². The molecule has 1 aromatic heterocycles. The number of aryl methyl sites for hydroxylation is 1. The molecule has 0 amide bonds. The van der Waals surface area contributed by atoms with E-state index in [-0.39, 0.29) is 5.95 Å². The summed E-state index contributed by atoms with van der Waals surface area (Å²) in [6.45, 7) is 2.47. The topological polar surface area (TPSA) is 61.0 Å². The van der Waals surface area contributed by atoms with Gasteiger partial charge in [0.15, 0.2) is 0 Å². The van der Waals surface area contributed by atoms with E-state index in [1.807, 2.05) is 55.5 Å². The van der Waals surface area contributed by atoms with Crippen LogP contribution in [0, 0.1) is 6.92 Å². The average molecular weight is 326 g/mol. The minimum absolute atomic E-state index is 0.143. The lowest BCUT2D eigenvalue weighted by atomic mass is 10.0. The Labute approximate surface area is 139 Å². The molecule has 0 unspecified atom stereocenters. The smallest absolute Gasteiger partial charge is 0.221 e. The number of anilines is 1. The second-order valence-corrected chi connectivity index (χ2v) is 5.54. The van der Waals surface area contributed by atoms with Gasteiger partial charge in [0.2, 0.25) is 5.95 Å². The number of halogens is 1. The lowest BCUT2D eigenvalue weighted by Gasteiger charge is -2.14. The van der Waals surface area contributed by atoms with Gasteiger partial charge in [-0.1, -0.05) is 54.1 Å². The monoisotopic (exact) mass is 325 g/mol. The Morgan fingerprint density at radius 1 is 1.04 bits per heavy atom. The summed E-state index contributed by atoms with van der Waals surface area (Å²) in [5.41, 5.74) is 9.37. The average Bonchev–Trinajstić information content (AvgIpc) is 2.53. The maximum Gasteiger partial charge on any atom is 0.221 e. The molecule has 3 aromatic rings. The Hall–Kier alpha value is -2.59. The lowest BCUT2D eigenvalue weighted by Crippen LogP contribution is -2.01. The SMILES string of the molecule is Cc1cccc(OCc2ccccc2)c1-c1cc(Cl)nc(N)n1. The van der Waals surface area contributed by atoms with E-state index >= 15 is 0 Å². The Kier molecular flexibility index (Phi) is 4.44. The molecule has 0 spiro atoms. The van der Waals surface area contributed by atoms with Gasteiger partial charge in [-0.3, -0.25) is 0 Å². The molecule has 0 saturated heterocycles. The van der Waals surface area contributed by atoms with Crippen LogP contribution in [0.2, 0.25) is 5.15 Å². The summed E-state index contributed by atoms with van der Waals surface area (Å²) in [6, 6.07) is 17.5. The maximum atomic E-state index is 6.01. The van der Waals surface area contributed by atoms with E-state index in [0.717, 1.165) is 22.4 Å². The predicted molar refractivity (Wildman–Crippen MR) is 92.4 cm³/mol. The van der Waals surface area contributed by atoms with Crippen LogP contribution < -0.4 is 10.5 Å². The summed E-state index contributed by atoms with van der Waals surface area (Å²) in [5.74, 6) is 0.882. The first kappa shape index (κ1) is 15.3. The van der Waals surface area contributed by atoms with Crippen LogP contribution in [0.25, 0.3) is 11.3 Å². The van der Waals surface area contributed by atoms with Gasteiger partial charge in [-0.05, 0) is 24.1 Å². The molecule has 116 valence electrons. The van der Waals surface area contributed by atoms with Crippen molar-refractivity contribution < 1.29 is 4.74 Å².